The van der Waals surface area contributed by atoms with Crippen LogP contribution in [0.15, 0.2) is 72.8 Å². The molecule has 0 aromatic heterocycles. The van der Waals surface area contributed by atoms with E-state index in [0.29, 0.717) is 11.1 Å². The highest BCUT2D eigenvalue weighted by atomic mass is 19.1. The predicted molar refractivity (Wildman–Crippen MR) is 115 cm³/mol. The molecule has 3 aromatic carbocycles. The number of benzene rings is 3. The van der Waals surface area contributed by atoms with Gasteiger partial charge < -0.3 is 15.4 Å². The number of hydrogen-bond donors (Lipinski definition) is 2. The molecule has 0 bridgehead atoms. The van der Waals surface area contributed by atoms with Crippen LogP contribution in [0.4, 0.5) is 10.1 Å². The van der Waals surface area contributed by atoms with Gasteiger partial charge >= 0.3 is 5.97 Å². The summed E-state index contributed by atoms with van der Waals surface area (Å²) in [5.41, 5.74) is 3.11. The standard InChI is InChI=1S/C24H21FN2O4/c1-16-7-12-20(13-21(16)25)27-22(28)15-31-23(29)14-26-24(30)19-10-8-18(9-11-19)17-5-3-2-4-6-17/h2-13H,14-15H2,1H3,(H,26,30)(H,27,28). The molecule has 6 nitrogen and oxygen atoms in total. The van der Waals surface area contributed by atoms with Gasteiger partial charge in [0.25, 0.3) is 11.8 Å². The third kappa shape index (κ3) is 6.24. The zero-order chi connectivity index (χ0) is 22.2. The smallest absolute Gasteiger partial charge is 0.325 e. The monoisotopic (exact) mass is 420 g/mol. The number of halogens is 1. The van der Waals surface area contributed by atoms with Crippen LogP contribution in [0.1, 0.15) is 15.9 Å². The lowest BCUT2D eigenvalue weighted by Gasteiger charge is -2.09. The molecular formula is C24H21FN2O4. The summed E-state index contributed by atoms with van der Waals surface area (Å²) in [6, 6.07) is 20.9. The minimum atomic E-state index is -0.764. The lowest BCUT2D eigenvalue weighted by Crippen LogP contribution is -2.32. The Labute approximate surface area is 179 Å². The number of anilines is 1. The summed E-state index contributed by atoms with van der Waals surface area (Å²) in [6.45, 7) is 0.677. The van der Waals surface area contributed by atoms with Crippen molar-refractivity contribution in [2.45, 2.75) is 6.92 Å². The normalized spacial score (nSPS) is 10.3. The van der Waals surface area contributed by atoms with Gasteiger partial charge in [-0.15, -0.1) is 0 Å². The van der Waals surface area contributed by atoms with Gasteiger partial charge in [0.05, 0.1) is 0 Å². The number of nitrogens with one attached hydrogen (secondary N) is 2. The minimum absolute atomic E-state index is 0.261. The molecule has 0 saturated heterocycles. The summed E-state index contributed by atoms with van der Waals surface area (Å²) >= 11 is 0. The molecule has 0 fully saturated rings. The van der Waals surface area contributed by atoms with E-state index in [1.807, 2.05) is 42.5 Å². The molecule has 3 rings (SSSR count). The van der Waals surface area contributed by atoms with Crippen molar-refractivity contribution in [2.75, 3.05) is 18.5 Å². The van der Waals surface area contributed by atoms with Crippen molar-refractivity contribution in [3.05, 3.63) is 89.7 Å². The highest BCUT2D eigenvalue weighted by Crippen LogP contribution is 2.19. The first kappa shape index (κ1) is 21.7. The van der Waals surface area contributed by atoms with Gasteiger partial charge in [0.15, 0.2) is 6.61 Å². The van der Waals surface area contributed by atoms with Gasteiger partial charge in [-0.05, 0) is 47.9 Å². The molecule has 7 heteroatoms. The van der Waals surface area contributed by atoms with E-state index in [1.54, 1.807) is 25.1 Å². The largest absolute Gasteiger partial charge is 0.454 e. The van der Waals surface area contributed by atoms with Gasteiger partial charge in [-0.1, -0.05) is 48.5 Å². The molecule has 0 saturated carbocycles. The second-order valence-electron chi connectivity index (χ2n) is 6.80. The number of ether oxygens (including phenoxy) is 1. The molecule has 0 aliphatic heterocycles. The number of carbonyl (C=O) groups is 3. The molecule has 0 radical (unpaired) electrons. The molecule has 158 valence electrons. The molecule has 3 aromatic rings. The van der Waals surface area contributed by atoms with E-state index in [0.717, 1.165) is 11.1 Å². The molecule has 2 N–H and O–H groups in total. The van der Waals surface area contributed by atoms with Gasteiger partial charge in [-0.3, -0.25) is 14.4 Å². The number of hydrogen-bond acceptors (Lipinski definition) is 4. The van der Waals surface area contributed by atoms with E-state index in [-0.39, 0.29) is 12.2 Å². The number of amides is 2. The lowest BCUT2D eigenvalue weighted by molar-refractivity contribution is -0.146. The van der Waals surface area contributed by atoms with E-state index in [2.05, 4.69) is 10.6 Å². The van der Waals surface area contributed by atoms with Crippen LogP contribution in [0.2, 0.25) is 0 Å². The maximum atomic E-state index is 13.5. The van der Waals surface area contributed by atoms with Crippen LogP contribution in [0, 0.1) is 12.7 Å². The molecule has 0 aliphatic rings. The molecule has 0 atom stereocenters. The molecule has 0 unspecified atom stereocenters. The number of carbonyl (C=O) groups excluding carboxylic acids is 3. The highest BCUT2D eigenvalue weighted by Gasteiger charge is 2.12. The van der Waals surface area contributed by atoms with Crippen molar-refractivity contribution >= 4 is 23.5 Å². The summed E-state index contributed by atoms with van der Waals surface area (Å²) in [4.78, 5) is 35.8. The van der Waals surface area contributed by atoms with Gasteiger partial charge in [0.1, 0.15) is 12.4 Å². The maximum absolute atomic E-state index is 13.5. The SMILES string of the molecule is Cc1ccc(NC(=O)COC(=O)CNC(=O)c2ccc(-c3ccccc3)cc2)cc1F. The summed E-state index contributed by atoms with van der Waals surface area (Å²) in [5, 5.41) is 4.88. The van der Waals surface area contributed by atoms with Crippen molar-refractivity contribution < 1.29 is 23.5 Å². The predicted octanol–water partition coefficient (Wildman–Crippen LogP) is 3.71. The second-order valence-corrected chi connectivity index (χ2v) is 6.80. The van der Waals surface area contributed by atoms with Crippen LogP contribution in [-0.4, -0.2) is 30.9 Å². The summed E-state index contributed by atoms with van der Waals surface area (Å²) in [6.07, 6.45) is 0. The van der Waals surface area contributed by atoms with Crippen molar-refractivity contribution in [1.82, 2.24) is 5.32 Å². The Morgan fingerprint density at radius 2 is 1.58 bits per heavy atom. The van der Waals surface area contributed by atoms with Gasteiger partial charge in [-0.25, -0.2) is 4.39 Å². The zero-order valence-electron chi connectivity index (χ0n) is 16.9. The van der Waals surface area contributed by atoms with Crippen molar-refractivity contribution in [1.29, 1.82) is 0 Å². The third-order valence-electron chi connectivity index (χ3n) is 4.47. The number of aryl methyl sites for hydroxylation is 1. The van der Waals surface area contributed by atoms with E-state index in [1.165, 1.54) is 12.1 Å². The Balaban J connectivity index is 1.43. The fourth-order valence-corrected chi connectivity index (χ4v) is 2.76. The Morgan fingerprint density at radius 3 is 2.26 bits per heavy atom. The molecule has 0 spiro atoms. The minimum Gasteiger partial charge on any atom is -0.454 e. The number of esters is 1. The van der Waals surface area contributed by atoms with E-state index >= 15 is 0 Å². The molecule has 0 heterocycles. The second kappa shape index (κ2) is 10.2. The Bertz CT molecular complexity index is 1080. The van der Waals surface area contributed by atoms with Crippen LogP contribution >= 0.6 is 0 Å². The first-order valence-corrected chi connectivity index (χ1v) is 9.57. The van der Waals surface area contributed by atoms with E-state index in [4.69, 9.17) is 4.74 Å². The molecule has 31 heavy (non-hydrogen) atoms. The van der Waals surface area contributed by atoms with Crippen molar-refractivity contribution in [2.24, 2.45) is 0 Å². The van der Waals surface area contributed by atoms with E-state index < -0.39 is 30.2 Å². The quantitative estimate of drug-likeness (QED) is 0.571. The van der Waals surface area contributed by atoms with Crippen molar-refractivity contribution in [3.63, 3.8) is 0 Å². The van der Waals surface area contributed by atoms with Gasteiger partial charge in [-0.2, -0.15) is 0 Å². The first-order valence-electron chi connectivity index (χ1n) is 9.57. The average Bonchev–Trinajstić information content (AvgIpc) is 2.79. The Kier molecular flexibility index (Phi) is 7.11. The van der Waals surface area contributed by atoms with Crippen LogP contribution in [0.3, 0.4) is 0 Å². The molecule has 2 amide bonds. The van der Waals surface area contributed by atoms with E-state index in [9.17, 15) is 18.8 Å². The summed E-state index contributed by atoms with van der Waals surface area (Å²) < 4.78 is 18.3. The van der Waals surface area contributed by atoms with Crippen molar-refractivity contribution in [3.8, 4) is 11.1 Å². The fraction of sp³-hybridized carbons (Fsp3) is 0.125. The topological polar surface area (TPSA) is 84.5 Å². The first-order chi connectivity index (χ1) is 14.9. The average molecular weight is 420 g/mol. The molecular weight excluding hydrogens is 399 g/mol. The molecule has 0 aliphatic carbocycles. The summed E-state index contributed by atoms with van der Waals surface area (Å²) in [5.74, 6) is -2.26. The Morgan fingerprint density at radius 1 is 0.903 bits per heavy atom. The van der Waals surface area contributed by atoms with Crippen LogP contribution < -0.4 is 10.6 Å². The van der Waals surface area contributed by atoms with Crippen LogP contribution in [0.25, 0.3) is 11.1 Å². The lowest BCUT2D eigenvalue weighted by atomic mass is 10.0. The maximum Gasteiger partial charge on any atom is 0.325 e. The van der Waals surface area contributed by atoms with Crippen LogP contribution in [0.5, 0.6) is 0 Å². The summed E-state index contributed by atoms with van der Waals surface area (Å²) in [7, 11) is 0. The van der Waals surface area contributed by atoms with Gasteiger partial charge in [0.2, 0.25) is 0 Å². The van der Waals surface area contributed by atoms with Gasteiger partial charge in [0, 0.05) is 11.3 Å². The highest BCUT2D eigenvalue weighted by molar-refractivity contribution is 5.97. The number of rotatable bonds is 7. The third-order valence-corrected chi connectivity index (χ3v) is 4.47. The van der Waals surface area contributed by atoms with Crippen LogP contribution in [-0.2, 0) is 14.3 Å². The Hall–Kier alpha value is -4.00. The zero-order valence-corrected chi connectivity index (χ0v) is 16.9. The fourth-order valence-electron chi connectivity index (χ4n) is 2.76.